The molecule has 0 radical (unpaired) electrons. The van der Waals surface area contributed by atoms with Crippen LogP contribution in [-0.2, 0) is 13.5 Å². The lowest BCUT2D eigenvalue weighted by Crippen LogP contribution is -2.49. The summed E-state index contributed by atoms with van der Waals surface area (Å²) in [5, 5.41) is 5.66. The van der Waals surface area contributed by atoms with E-state index in [9.17, 15) is 13.6 Å². The zero-order valence-corrected chi connectivity index (χ0v) is 20.0. The fourth-order valence-electron chi connectivity index (χ4n) is 5.59. The SMILES string of the molecule is Cn1nc2c(c1-c1cc(F)cc(F)c1)CC1CCCC2N1C(=O)c1ccc2ncc(Br)cc2c1. The number of pyridine rings is 1. The Balaban J connectivity index is 1.42. The molecular weight excluding hydrogens is 502 g/mol. The predicted molar refractivity (Wildman–Crippen MR) is 128 cm³/mol. The van der Waals surface area contributed by atoms with Crippen LogP contribution in [-0.4, -0.2) is 31.6 Å². The molecule has 5 nitrogen and oxygen atoms in total. The van der Waals surface area contributed by atoms with Crippen LogP contribution in [0.3, 0.4) is 0 Å². The van der Waals surface area contributed by atoms with Gasteiger partial charge in [0.25, 0.3) is 5.91 Å². The molecule has 0 spiro atoms. The van der Waals surface area contributed by atoms with E-state index in [1.807, 2.05) is 29.2 Å². The molecule has 2 atom stereocenters. The van der Waals surface area contributed by atoms with Gasteiger partial charge in [-0.25, -0.2) is 8.78 Å². The van der Waals surface area contributed by atoms with Gasteiger partial charge in [-0.1, -0.05) is 0 Å². The number of aryl methyl sites for hydroxylation is 1. The van der Waals surface area contributed by atoms with E-state index in [1.54, 1.807) is 17.9 Å². The minimum atomic E-state index is -0.616. The van der Waals surface area contributed by atoms with Gasteiger partial charge in [-0.2, -0.15) is 5.10 Å². The highest BCUT2D eigenvalue weighted by Gasteiger charge is 2.43. The van der Waals surface area contributed by atoms with Crippen molar-refractivity contribution in [2.75, 3.05) is 0 Å². The fraction of sp³-hybridized carbons (Fsp3) is 0.269. The Hall–Kier alpha value is -3.13. The number of benzene rings is 2. The van der Waals surface area contributed by atoms with Gasteiger partial charge >= 0.3 is 0 Å². The monoisotopic (exact) mass is 522 g/mol. The third-order valence-electron chi connectivity index (χ3n) is 6.94. The van der Waals surface area contributed by atoms with E-state index in [0.29, 0.717) is 17.5 Å². The molecule has 4 heterocycles. The molecule has 6 rings (SSSR count). The molecule has 4 aromatic rings. The minimum absolute atomic E-state index is 0.0106. The first-order chi connectivity index (χ1) is 16.4. The van der Waals surface area contributed by atoms with Crippen molar-refractivity contribution in [2.24, 2.45) is 7.05 Å². The molecule has 2 bridgehead atoms. The number of nitrogens with zero attached hydrogens (tertiary/aromatic N) is 4. The quantitative estimate of drug-likeness (QED) is 0.326. The van der Waals surface area contributed by atoms with Crippen molar-refractivity contribution in [3.05, 3.63) is 81.6 Å². The topological polar surface area (TPSA) is 51.0 Å². The number of hydrogen-bond donors (Lipinski definition) is 0. The van der Waals surface area contributed by atoms with E-state index >= 15 is 0 Å². The van der Waals surface area contributed by atoms with Crippen molar-refractivity contribution < 1.29 is 13.6 Å². The minimum Gasteiger partial charge on any atom is -0.327 e. The molecule has 2 aliphatic rings. The highest BCUT2D eigenvalue weighted by Crippen LogP contribution is 2.45. The van der Waals surface area contributed by atoms with Gasteiger partial charge in [0.1, 0.15) is 11.6 Å². The average Bonchev–Trinajstić information content (AvgIpc) is 3.12. The highest BCUT2D eigenvalue weighted by molar-refractivity contribution is 9.10. The van der Waals surface area contributed by atoms with E-state index in [1.165, 1.54) is 12.1 Å². The molecule has 0 saturated carbocycles. The van der Waals surface area contributed by atoms with Crippen molar-refractivity contribution in [3.8, 4) is 11.3 Å². The Morgan fingerprint density at radius 3 is 2.68 bits per heavy atom. The Morgan fingerprint density at radius 2 is 1.88 bits per heavy atom. The van der Waals surface area contributed by atoms with E-state index in [4.69, 9.17) is 5.10 Å². The number of rotatable bonds is 2. The van der Waals surface area contributed by atoms with Gasteiger partial charge in [0, 0.05) is 51.9 Å². The summed E-state index contributed by atoms with van der Waals surface area (Å²) >= 11 is 3.45. The van der Waals surface area contributed by atoms with Crippen molar-refractivity contribution >= 4 is 32.7 Å². The van der Waals surface area contributed by atoms with Gasteiger partial charge < -0.3 is 4.90 Å². The summed E-state index contributed by atoms with van der Waals surface area (Å²) < 4.78 is 30.5. The summed E-state index contributed by atoms with van der Waals surface area (Å²) in [6.07, 6.45) is 5.05. The van der Waals surface area contributed by atoms with Crippen LogP contribution in [0.1, 0.15) is 46.9 Å². The summed E-state index contributed by atoms with van der Waals surface area (Å²) in [6, 6.07) is 11.0. The van der Waals surface area contributed by atoms with Crippen LogP contribution in [0.4, 0.5) is 8.78 Å². The maximum atomic E-state index is 14.0. The number of aromatic nitrogens is 3. The Bertz CT molecular complexity index is 1450. The average molecular weight is 523 g/mol. The lowest BCUT2D eigenvalue weighted by atomic mass is 9.81. The van der Waals surface area contributed by atoms with E-state index < -0.39 is 11.6 Å². The first kappa shape index (κ1) is 21.4. The molecule has 1 fully saturated rings. The maximum Gasteiger partial charge on any atom is 0.254 e. The Kier molecular flexibility index (Phi) is 5.02. The standard InChI is InChI=1S/C26H21BrF2N4O/c1-32-25(16-9-18(28)11-19(29)10-16)21-12-20-3-2-4-23(24(21)31-32)33(20)26(34)14-5-6-22-15(7-14)8-17(27)13-30-22/h5-11,13,20,23H,2-4,12H2,1H3. The Morgan fingerprint density at radius 1 is 1.09 bits per heavy atom. The summed E-state index contributed by atoms with van der Waals surface area (Å²) in [4.78, 5) is 20.1. The normalized spacial score (nSPS) is 19.4. The molecule has 2 unspecified atom stereocenters. The van der Waals surface area contributed by atoms with Gasteiger partial charge in [-0.3, -0.25) is 14.5 Å². The summed E-state index contributed by atoms with van der Waals surface area (Å²) in [5.74, 6) is -1.25. The highest BCUT2D eigenvalue weighted by atomic mass is 79.9. The molecule has 0 N–H and O–H groups in total. The van der Waals surface area contributed by atoms with Crippen molar-refractivity contribution in [2.45, 2.75) is 37.8 Å². The van der Waals surface area contributed by atoms with Gasteiger partial charge in [-0.05, 0) is 78.0 Å². The van der Waals surface area contributed by atoms with Crippen molar-refractivity contribution in [3.63, 3.8) is 0 Å². The largest absolute Gasteiger partial charge is 0.327 e. The van der Waals surface area contributed by atoms with Gasteiger partial charge in [0.2, 0.25) is 0 Å². The number of piperidine rings is 1. The number of carbonyl (C=O) groups excluding carboxylic acids is 1. The van der Waals surface area contributed by atoms with Gasteiger partial charge in [0.05, 0.1) is 22.9 Å². The third-order valence-corrected chi connectivity index (χ3v) is 7.37. The molecule has 2 aromatic carbocycles. The smallest absolute Gasteiger partial charge is 0.254 e. The van der Waals surface area contributed by atoms with Crippen LogP contribution in [0.2, 0.25) is 0 Å². The number of amides is 1. The molecule has 172 valence electrons. The van der Waals surface area contributed by atoms with Crippen LogP contribution < -0.4 is 0 Å². The molecule has 2 aliphatic heterocycles. The van der Waals surface area contributed by atoms with Crippen LogP contribution >= 0.6 is 15.9 Å². The summed E-state index contributed by atoms with van der Waals surface area (Å²) in [5.41, 5.74) is 4.46. The number of hydrogen-bond acceptors (Lipinski definition) is 3. The fourth-order valence-corrected chi connectivity index (χ4v) is 5.94. The number of halogens is 3. The van der Waals surface area contributed by atoms with Crippen molar-refractivity contribution in [1.29, 1.82) is 0 Å². The van der Waals surface area contributed by atoms with Gasteiger partial charge in [0.15, 0.2) is 0 Å². The van der Waals surface area contributed by atoms with Crippen LogP contribution in [0.5, 0.6) is 0 Å². The third kappa shape index (κ3) is 3.43. The zero-order valence-electron chi connectivity index (χ0n) is 18.4. The van der Waals surface area contributed by atoms with Crippen LogP contribution in [0.25, 0.3) is 22.2 Å². The molecule has 0 aliphatic carbocycles. The van der Waals surface area contributed by atoms with E-state index in [2.05, 4.69) is 20.9 Å². The Labute approximate surface area is 203 Å². The molecule has 1 saturated heterocycles. The molecule has 1 amide bonds. The molecule has 34 heavy (non-hydrogen) atoms. The van der Waals surface area contributed by atoms with Crippen LogP contribution in [0.15, 0.2) is 53.1 Å². The predicted octanol–water partition coefficient (Wildman–Crippen LogP) is 5.97. The second kappa shape index (κ2) is 7.98. The maximum absolute atomic E-state index is 14.0. The first-order valence-electron chi connectivity index (χ1n) is 11.3. The molecule has 2 aromatic heterocycles. The second-order valence-corrected chi connectivity index (χ2v) is 9.99. The zero-order chi connectivity index (χ0) is 23.6. The van der Waals surface area contributed by atoms with Crippen LogP contribution in [0, 0.1) is 11.6 Å². The lowest BCUT2D eigenvalue weighted by Gasteiger charge is -2.45. The second-order valence-electron chi connectivity index (χ2n) is 9.07. The number of carbonyl (C=O) groups is 1. The van der Waals surface area contributed by atoms with E-state index in [-0.39, 0.29) is 18.0 Å². The first-order valence-corrected chi connectivity index (χ1v) is 12.1. The summed E-state index contributed by atoms with van der Waals surface area (Å²) in [7, 11) is 1.79. The van der Waals surface area contributed by atoms with E-state index in [0.717, 1.165) is 57.7 Å². The molecular formula is C26H21BrF2N4O. The molecule has 8 heteroatoms. The van der Waals surface area contributed by atoms with Crippen molar-refractivity contribution in [1.82, 2.24) is 19.7 Å². The lowest BCUT2D eigenvalue weighted by molar-refractivity contribution is 0.0392. The van der Waals surface area contributed by atoms with Gasteiger partial charge in [-0.15, -0.1) is 0 Å². The number of fused-ring (bicyclic) bond motifs is 5. The summed E-state index contributed by atoms with van der Waals surface area (Å²) in [6.45, 7) is 0.